The first-order valence-corrected chi connectivity index (χ1v) is 14.7. The molecule has 0 radical (unpaired) electrons. The van der Waals surface area contributed by atoms with E-state index in [1.54, 1.807) is 54.8 Å². The Hall–Kier alpha value is -4.96. The summed E-state index contributed by atoms with van der Waals surface area (Å²) in [6.45, 7) is 6.00. The summed E-state index contributed by atoms with van der Waals surface area (Å²) < 4.78 is 18.1. The van der Waals surface area contributed by atoms with Gasteiger partial charge in [0, 0.05) is 5.69 Å². The highest BCUT2D eigenvalue weighted by Crippen LogP contribution is 2.31. The second-order valence-corrected chi connectivity index (χ2v) is 10.6. The molecule has 0 bridgehead atoms. The Morgan fingerprint density at radius 3 is 2.44 bits per heavy atom. The van der Waals surface area contributed by atoms with Gasteiger partial charge < -0.3 is 19.5 Å². The number of hydrogen-bond acceptors (Lipinski definition) is 8. The Balaban J connectivity index is 1.56. The highest BCUT2D eigenvalue weighted by Gasteiger charge is 2.32. The predicted molar refractivity (Wildman–Crippen MR) is 165 cm³/mol. The number of thiazole rings is 1. The van der Waals surface area contributed by atoms with Crippen LogP contribution in [-0.4, -0.2) is 36.3 Å². The van der Waals surface area contributed by atoms with Crippen molar-refractivity contribution in [1.82, 2.24) is 4.57 Å². The fourth-order valence-electron chi connectivity index (χ4n) is 4.75. The first kappa shape index (κ1) is 29.5. The van der Waals surface area contributed by atoms with Crippen molar-refractivity contribution in [3.05, 3.63) is 121 Å². The lowest BCUT2D eigenvalue weighted by molar-refractivity contribution is -0.145. The van der Waals surface area contributed by atoms with Gasteiger partial charge in [0.15, 0.2) is 11.4 Å². The Morgan fingerprint density at radius 2 is 1.72 bits per heavy atom. The van der Waals surface area contributed by atoms with Crippen LogP contribution in [-0.2, 0) is 14.3 Å². The number of hydrogen-bond donors (Lipinski definition) is 1. The maximum Gasteiger partial charge on any atom is 0.344 e. The lowest BCUT2D eigenvalue weighted by atomic mass is 9.95. The van der Waals surface area contributed by atoms with E-state index in [1.807, 2.05) is 55.5 Å². The molecule has 2 heterocycles. The summed E-state index contributed by atoms with van der Waals surface area (Å²) in [6, 6.07) is 22.9. The van der Waals surface area contributed by atoms with Crippen molar-refractivity contribution < 1.29 is 23.8 Å². The Labute approximate surface area is 252 Å². The topological polar surface area (TPSA) is 108 Å². The van der Waals surface area contributed by atoms with Crippen LogP contribution in [0, 0.1) is 0 Å². The second kappa shape index (κ2) is 13.3. The van der Waals surface area contributed by atoms with E-state index in [-0.39, 0.29) is 24.7 Å². The van der Waals surface area contributed by atoms with Gasteiger partial charge in [0.25, 0.3) is 11.5 Å². The molecule has 43 heavy (non-hydrogen) atoms. The van der Waals surface area contributed by atoms with Crippen molar-refractivity contribution in [2.45, 2.75) is 26.8 Å². The SMILES string of the molecule is CCOC(=O)COc1cccc(/C=c2\sc3n(c2=O)[C@H](c2ccc(OCC)cc2)C(C(=O)Nc2ccccc2)=C(C)N=3)c1. The molecule has 0 spiro atoms. The number of nitrogens with one attached hydrogen (secondary N) is 1. The quantitative estimate of drug-likeness (QED) is 0.275. The summed E-state index contributed by atoms with van der Waals surface area (Å²) in [5.41, 5.74) is 2.72. The second-order valence-electron chi connectivity index (χ2n) is 9.57. The summed E-state index contributed by atoms with van der Waals surface area (Å²) in [6.07, 6.45) is 1.75. The van der Waals surface area contributed by atoms with Crippen LogP contribution in [0.2, 0.25) is 0 Å². The van der Waals surface area contributed by atoms with Crippen molar-refractivity contribution in [2.24, 2.45) is 4.99 Å². The maximum atomic E-state index is 14.0. The monoisotopic (exact) mass is 597 g/mol. The van der Waals surface area contributed by atoms with Crippen molar-refractivity contribution in [3.63, 3.8) is 0 Å². The van der Waals surface area contributed by atoms with E-state index >= 15 is 0 Å². The van der Waals surface area contributed by atoms with E-state index in [0.29, 0.717) is 50.0 Å². The van der Waals surface area contributed by atoms with Gasteiger partial charge in [-0.2, -0.15) is 0 Å². The molecule has 1 atom stereocenters. The predicted octanol–water partition coefficient (Wildman–Crippen LogP) is 4.21. The number of para-hydroxylation sites is 1. The maximum absolute atomic E-state index is 14.0. The van der Waals surface area contributed by atoms with Crippen LogP contribution in [0.25, 0.3) is 6.08 Å². The van der Waals surface area contributed by atoms with Crippen LogP contribution in [0.15, 0.2) is 99.9 Å². The summed E-state index contributed by atoms with van der Waals surface area (Å²) in [7, 11) is 0. The zero-order chi connectivity index (χ0) is 30.3. The van der Waals surface area contributed by atoms with E-state index in [1.165, 1.54) is 11.3 Å². The van der Waals surface area contributed by atoms with Gasteiger partial charge in [-0.25, -0.2) is 9.79 Å². The molecule has 5 rings (SSSR count). The largest absolute Gasteiger partial charge is 0.494 e. The van der Waals surface area contributed by atoms with Crippen LogP contribution in [0.4, 0.5) is 5.69 Å². The molecule has 3 aromatic carbocycles. The van der Waals surface area contributed by atoms with Crippen molar-refractivity contribution in [1.29, 1.82) is 0 Å². The number of benzene rings is 3. The van der Waals surface area contributed by atoms with Gasteiger partial charge in [0.05, 0.1) is 35.1 Å². The Morgan fingerprint density at radius 1 is 0.953 bits per heavy atom. The van der Waals surface area contributed by atoms with Crippen molar-refractivity contribution in [3.8, 4) is 11.5 Å². The minimum absolute atomic E-state index is 0.214. The van der Waals surface area contributed by atoms with Crippen LogP contribution in [0.3, 0.4) is 0 Å². The van der Waals surface area contributed by atoms with Crippen molar-refractivity contribution >= 4 is 35.0 Å². The smallest absolute Gasteiger partial charge is 0.344 e. The third-order valence-corrected chi connectivity index (χ3v) is 7.61. The average Bonchev–Trinajstić information content (AvgIpc) is 3.30. The van der Waals surface area contributed by atoms with Crippen LogP contribution >= 0.6 is 11.3 Å². The van der Waals surface area contributed by atoms with E-state index in [0.717, 1.165) is 5.56 Å². The number of rotatable bonds is 10. The molecule has 1 aromatic heterocycles. The molecule has 0 unspecified atom stereocenters. The van der Waals surface area contributed by atoms with E-state index < -0.39 is 12.0 Å². The zero-order valence-electron chi connectivity index (χ0n) is 24.0. The summed E-state index contributed by atoms with van der Waals surface area (Å²) >= 11 is 1.24. The minimum Gasteiger partial charge on any atom is -0.494 e. The molecule has 220 valence electrons. The van der Waals surface area contributed by atoms with Crippen molar-refractivity contribution in [2.75, 3.05) is 25.1 Å². The normalized spacial score (nSPS) is 14.5. The molecule has 0 saturated carbocycles. The number of carbonyl (C=O) groups is 2. The average molecular weight is 598 g/mol. The summed E-state index contributed by atoms with van der Waals surface area (Å²) in [5, 5.41) is 2.96. The molecular formula is C33H31N3O6S. The van der Waals surface area contributed by atoms with Crippen LogP contribution < -0.4 is 29.7 Å². The molecular weight excluding hydrogens is 566 g/mol. The van der Waals surface area contributed by atoms with Gasteiger partial charge in [-0.05, 0) is 74.4 Å². The molecule has 1 amide bonds. The van der Waals surface area contributed by atoms with Gasteiger partial charge in [0.1, 0.15) is 11.5 Å². The summed E-state index contributed by atoms with van der Waals surface area (Å²) in [4.78, 5) is 44.6. The molecule has 0 fully saturated rings. The molecule has 1 aliphatic heterocycles. The molecule has 10 heteroatoms. The minimum atomic E-state index is -0.711. The molecule has 0 saturated heterocycles. The van der Waals surface area contributed by atoms with Gasteiger partial charge in [-0.3, -0.25) is 14.2 Å². The van der Waals surface area contributed by atoms with Gasteiger partial charge >= 0.3 is 5.97 Å². The van der Waals surface area contributed by atoms with Gasteiger partial charge in [-0.15, -0.1) is 0 Å². The number of carbonyl (C=O) groups excluding carboxylic acids is 2. The molecule has 0 aliphatic carbocycles. The fraction of sp³-hybridized carbons (Fsp3) is 0.212. The number of esters is 1. The van der Waals surface area contributed by atoms with E-state index in [9.17, 15) is 14.4 Å². The number of ether oxygens (including phenoxy) is 3. The van der Waals surface area contributed by atoms with E-state index in [2.05, 4.69) is 5.32 Å². The van der Waals surface area contributed by atoms with Gasteiger partial charge in [-0.1, -0.05) is 53.8 Å². The lowest BCUT2D eigenvalue weighted by Crippen LogP contribution is -2.40. The first-order valence-electron chi connectivity index (χ1n) is 13.9. The third kappa shape index (κ3) is 6.76. The Bertz CT molecular complexity index is 1840. The molecule has 1 aliphatic rings. The highest BCUT2D eigenvalue weighted by atomic mass is 32.1. The number of fused-ring (bicyclic) bond motifs is 1. The first-order chi connectivity index (χ1) is 20.9. The number of anilines is 1. The molecule has 4 aromatic rings. The zero-order valence-corrected chi connectivity index (χ0v) is 24.9. The van der Waals surface area contributed by atoms with Gasteiger partial charge in [0.2, 0.25) is 0 Å². The van der Waals surface area contributed by atoms with Crippen LogP contribution in [0.1, 0.15) is 37.9 Å². The number of allylic oxidation sites excluding steroid dienone is 1. The third-order valence-electron chi connectivity index (χ3n) is 6.62. The molecule has 9 nitrogen and oxygen atoms in total. The standard InChI is InChI=1S/C33H31N3O6S/c1-4-40-25-16-14-23(15-17-25)30-29(31(38)35-24-11-7-6-8-12-24)21(3)34-33-36(30)32(39)27(43-33)19-22-10-9-13-26(18-22)42-20-28(37)41-5-2/h6-19,30H,4-5,20H2,1-3H3,(H,35,38)/b27-19-/t30-/m1/s1. The van der Waals surface area contributed by atoms with E-state index in [4.69, 9.17) is 19.2 Å². The molecule has 1 N–H and O–H groups in total. The number of nitrogens with zero attached hydrogens (tertiary/aromatic N) is 2. The number of amides is 1. The number of aromatic nitrogens is 1. The Kier molecular flexibility index (Phi) is 9.17. The van der Waals surface area contributed by atoms with Crippen LogP contribution in [0.5, 0.6) is 11.5 Å². The fourth-order valence-corrected chi connectivity index (χ4v) is 5.80. The highest BCUT2D eigenvalue weighted by molar-refractivity contribution is 7.07. The summed E-state index contributed by atoms with van der Waals surface area (Å²) in [5.74, 6) is 0.363. The lowest BCUT2D eigenvalue weighted by Gasteiger charge is -2.25.